The van der Waals surface area contributed by atoms with Crippen molar-refractivity contribution in [2.24, 2.45) is 11.7 Å². The third kappa shape index (κ3) is 2.94. The summed E-state index contributed by atoms with van der Waals surface area (Å²) in [6.07, 6.45) is 2.39. The third-order valence-corrected chi connectivity index (χ3v) is 3.56. The first-order chi connectivity index (χ1) is 8.13. The van der Waals surface area contributed by atoms with E-state index in [0.29, 0.717) is 11.3 Å². The molecule has 0 amide bonds. The summed E-state index contributed by atoms with van der Waals surface area (Å²) in [6, 6.07) is 3.74. The zero-order chi connectivity index (χ0) is 12.4. The van der Waals surface area contributed by atoms with Crippen LogP contribution in [0.3, 0.4) is 0 Å². The lowest BCUT2D eigenvalue weighted by Gasteiger charge is -2.33. The summed E-state index contributed by atoms with van der Waals surface area (Å²) in [4.78, 5) is 0. The molecule has 0 saturated heterocycles. The number of hydrogen-bond donors (Lipinski definition) is 2. The molecule has 1 aliphatic rings. The minimum atomic E-state index is -0.685. The molecule has 0 spiro atoms. The van der Waals surface area contributed by atoms with Crippen molar-refractivity contribution < 1.29 is 14.2 Å². The topological polar surface area (TPSA) is 55.5 Å². The summed E-state index contributed by atoms with van der Waals surface area (Å²) < 4.78 is 18.7. The summed E-state index contributed by atoms with van der Waals surface area (Å²) in [5, 5.41) is 10.0. The summed E-state index contributed by atoms with van der Waals surface area (Å²) in [6.45, 7) is 0. The molecule has 1 aliphatic carbocycles. The minimum Gasteiger partial charge on any atom is -0.497 e. The Bertz CT molecular complexity index is 399. The highest BCUT2D eigenvalue weighted by Gasteiger charge is 2.31. The van der Waals surface area contributed by atoms with Crippen LogP contribution in [0, 0.1) is 11.7 Å². The second-order valence-electron chi connectivity index (χ2n) is 4.59. The van der Waals surface area contributed by atoms with Gasteiger partial charge in [0.2, 0.25) is 0 Å². The van der Waals surface area contributed by atoms with Crippen LogP contribution in [0.15, 0.2) is 18.2 Å². The van der Waals surface area contributed by atoms with Crippen molar-refractivity contribution in [1.82, 2.24) is 0 Å². The largest absolute Gasteiger partial charge is 0.497 e. The Kier molecular flexibility index (Phi) is 5.38. The van der Waals surface area contributed by atoms with E-state index in [2.05, 4.69) is 0 Å². The van der Waals surface area contributed by atoms with Gasteiger partial charge in [-0.25, -0.2) is 4.39 Å². The Morgan fingerprint density at radius 3 is 2.61 bits per heavy atom. The van der Waals surface area contributed by atoms with Gasteiger partial charge >= 0.3 is 0 Å². The van der Waals surface area contributed by atoms with Crippen molar-refractivity contribution >= 4 is 12.4 Å². The lowest BCUT2D eigenvalue weighted by molar-refractivity contribution is 0.0404. The average molecular weight is 276 g/mol. The third-order valence-electron chi connectivity index (χ3n) is 3.56. The van der Waals surface area contributed by atoms with Crippen molar-refractivity contribution in [3.05, 3.63) is 29.6 Å². The van der Waals surface area contributed by atoms with Gasteiger partial charge in [0.15, 0.2) is 0 Å². The highest BCUT2D eigenvalue weighted by atomic mass is 35.5. The molecule has 3 nitrogen and oxygen atoms in total. The van der Waals surface area contributed by atoms with E-state index in [-0.39, 0.29) is 18.3 Å². The number of benzene rings is 1. The van der Waals surface area contributed by atoms with Crippen LogP contribution >= 0.6 is 12.4 Å². The Balaban J connectivity index is 0.00000162. The highest BCUT2D eigenvalue weighted by Crippen LogP contribution is 2.35. The van der Waals surface area contributed by atoms with Crippen molar-refractivity contribution in [2.45, 2.75) is 31.4 Å². The van der Waals surface area contributed by atoms with Crippen LogP contribution in [0.2, 0.25) is 0 Å². The number of aliphatic hydroxyl groups is 1. The number of ether oxygens (including phenoxy) is 1. The highest BCUT2D eigenvalue weighted by molar-refractivity contribution is 5.85. The molecule has 1 fully saturated rings. The van der Waals surface area contributed by atoms with Gasteiger partial charge in [-0.1, -0.05) is 6.42 Å². The van der Waals surface area contributed by atoms with Crippen LogP contribution in [0.4, 0.5) is 4.39 Å². The summed E-state index contributed by atoms with van der Waals surface area (Å²) in [5.41, 5.74) is 6.25. The van der Waals surface area contributed by atoms with Gasteiger partial charge < -0.3 is 15.6 Å². The monoisotopic (exact) mass is 275 g/mol. The van der Waals surface area contributed by atoms with Crippen LogP contribution in [-0.2, 0) is 0 Å². The molecule has 3 N–H and O–H groups in total. The van der Waals surface area contributed by atoms with E-state index >= 15 is 0 Å². The summed E-state index contributed by atoms with van der Waals surface area (Å²) in [7, 11) is 1.52. The Morgan fingerprint density at radius 2 is 2.11 bits per heavy atom. The standard InChI is InChI=1S/C13H18FNO2.ClH/c1-17-9-5-6-11(14)10(7-9)12(15)13(16)8-3-2-4-8;/h5-8,12-13,16H,2-4,15H2,1H3;1H/t12-,13+;/m1./s1. The van der Waals surface area contributed by atoms with Gasteiger partial charge in [-0.05, 0) is 37.0 Å². The van der Waals surface area contributed by atoms with Crippen LogP contribution in [-0.4, -0.2) is 18.3 Å². The van der Waals surface area contributed by atoms with E-state index in [1.807, 2.05) is 0 Å². The van der Waals surface area contributed by atoms with Gasteiger partial charge in [0.05, 0.1) is 19.3 Å². The maximum atomic E-state index is 13.7. The Labute approximate surface area is 113 Å². The SMILES string of the molecule is COc1ccc(F)c([C@@H](N)[C@@H](O)C2CCC2)c1.Cl. The molecule has 5 heteroatoms. The molecule has 0 aromatic heterocycles. The Morgan fingerprint density at radius 1 is 1.44 bits per heavy atom. The molecule has 1 saturated carbocycles. The second-order valence-corrected chi connectivity index (χ2v) is 4.59. The molecule has 0 heterocycles. The predicted octanol–water partition coefficient (Wildman–Crippen LogP) is 2.42. The van der Waals surface area contributed by atoms with E-state index in [1.165, 1.54) is 13.2 Å². The molecule has 1 aromatic rings. The normalized spacial score (nSPS) is 18.4. The number of rotatable bonds is 4. The number of nitrogens with two attached hydrogens (primary N) is 1. The fraction of sp³-hybridized carbons (Fsp3) is 0.538. The number of aliphatic hydroxyl groups excluding tert-OH is 1. The molecule has 1 aromatic carbocycles. The molecule has 0 bridgehead atoms. The molecular formula is C13H19ClFNO2. The number of halogens is 2. The number of methoxy groups -OCH3 is 1. The first kappa shape index (κ1) is 15.2. The van der Waals surface area contributed by atoms with E-state index in [0.717, 1.165) is 19.3 Å². The van der Waals surface area contributed by atoms with Crippen molar-refractivity contribution in [2.75, 3.05) is 7.11 Å². The van der Waals surface area contributed by atoms with Crippen LogP contribution in [0.25, 0.3) is 0 Å². The first-order valence-electron chi connectivity index (χ1n) is 5.90. The second kappa shape index (κ2) is 6.36. The van der Waals surface area contributed by atoms with Gasteiger partial charge in [-0.3, -0.25) is 0 Å². The maximum absolute atomic E-state index is 13.7. The predicted molar refractivity (Wildman–Crippen MR) is 70.5 cm³/mol. The van der Waals surface area contributed by atoms with Crippen molar-refractivity contribution in [1.29, 1.82) is 0 Å². The first-order valence-corrected chi connectivity index (χ1v) is 5.90. The van der Waals surface area contributed by atoms with Crippen LogP contribution in [0.5, 0.6) is 5.75 Å². The van der Waals surface area contributed by atoms with E-state index in [1.54, 1.807) is 12.1 Å². The molecule has 18 heavy (non-hydrogen) atoms. The van der Waals surface area contributed by atoms with Crippen LogP contribution < -0.4 is 10.5 Å². The molecule has 2 atom stereocenters. The lowest BCUT2D eigenvalue weighted by Crippen LogP contribution is -2.36. The van der Waals surface area contributed by atoms with E-state index in [4.69, 9.17) is 10.5 Å². The van der Waals surface area contributed by atoms with Gasteiger partial charge in [0.1, 0.15) is 11.6 Å². The molecule has 0 unspecified atom stereocenters. The minimum absolute atomic E-state index is 0. The zero-order valence-corrected chi connectivity index (χ0v) is 11.1. The van der Waals surface area contributed by atoms with Crippen LogP contribution in [0.1, 0.15) is 30.9 Å². The molecule has 2 rings (SSSR count). The van der Waals surface area contributed by atoms with Gasteiger partial charge in [0, 0.05) is 5.56 Å². The Hall–Kier alpha value is -0.840. The van der Waals surface area contributed by atoms with Gasteiger partial charge in [-0.15, -0.1) is 12.4 Å². The smallest absolute Gasteiger partial charge is 0.128 e. The number of hydrogen-bond acceptors (Lipinski definition) is 3. The fourth-order valence-electron chi connectivity index (χ4n) is 2.16. The molecule has 0 radical (unpaired) electrons. The zero-order valence-electron chi connectivity index (χ0n) is 10.3. The van der Waals surface area contributed by atoms with Crippen molar-refractivity contribution in [3.8, 4) is 5.75 Å². The van der Waals surface area contributed by atoms with Gasteiger partial charge in [-0.2, -0.15) is 0 Å². The van der Waals surface area contributed by atoms with E-state index in [9.17, 15) is 9.50 Å². The summed E-state index contributed by atoms with van der Waals surface area (Å²) >= 11 is 0. The molecular weight excluding hydrogens is 257 g/mol. The molecule has 102 valence electrons. The molecule has 0 aliphatic heterocycles. The maximum Gasteiger partial charge on any atom is 0.128 e. The lowest BCUT2D eigenvalue weighted by atomic mass is 9.77. The van der Waals surface area contributed by atoms with Gasteiger partial charge in [0.25, 0.3) is 0 Å². The van der Waals surface area contributed by atoms with Crippen molar-refractivity contribution in [3.63, 3.8) is 0 Å². The quantitative estimate of drug-likeness (QED) is 0.887. The fourth-order valence-corrected chi connectivity index (χ4v) is 2.16. The van der Waals surface area contributed by atoms with E-state index < -0.39 is 18.0 Å². The summed E-state index contributed by atoms with van der Waals surface area (Å²) in [5.74, 6) is 0.366. The average Bonchev–Trinajstić information content (AvgIpc) is 2.26.